The highest BCUT2D eigenvalue weighted by molar-refractivity contribution is 7.15. The van der Waals surface area contributed by atoms with Gasteiger partial charge in [0.1, 0.15) is 6.04 Å². The van der Waals surface area contributed by atoms with E-state index in [0.717, 1.165) is 31.7 Å². The van der Waals surface area contributed by atoms with Crippen LogP contribution in [0, 0.1) is 5.92 Å². The molecule has 2 aromatic rings. The van der Waals surface area contributed by atoms with Crippen LogP contribution in [0.1, 0.15) is 41.0 Å². The van der Waals surface area contributed by atoms with Crippen LogP contribution in [0.4, 0.5) is 5.13 Å². The number of amides is 2. The minimum atomic E-state index is -0.599. The molecule has 1 aliphatic rings. The molecule has 3 heterocycles. The lowest BCUT2D eigenvalue weighted by molar-refractivity contribution is -0.118. The predicted octanol–water partition coefficient (Wildman–Crippen LogP) is 2.98. The third kappa shape index (κ3) is 4.31. The number of thiazole rings is 1. The summed E-state index contributed by atoms with van der Waals surface area (Å²) in [5.74, 6) is -0.460. The Hall–Kier alpha value is -1.77. The number of nitrogens with zero attached hydrogens (tertiary/aromatic N) is 2. The fraction of sp³-hybridized carbons (Fsp3) is 0.500. The first kappa shape index (κ1) is 19.0. The minimum Gasteiger partial charge on any atom is -0.339 e. The number of carbonyl (C=O) groups excluding carboxylic acids is 2. The zero-order valence-electron chi connectivity index (χ0n) is 15.2. The van der Waals surface area contributed by atoms with Gasteiger partial charge < -0.3 is 10.6 Å². The maximum Gasteiger partial charge on any atom is 0.262 e. The van der Waals surface area contributed by atoms with Crippen LogP contribution in [0.25, 0.3) is 0 Å². The SMILES string of the molecule is CCN1CCc2nc(NC(=O)C(NC(=O)c3cccs3)C(C)C)sc2C1. The van der Waals surface area contributed by atoms with E-state index in [1.807, 2.05) is 25.3 Å². The van der Waals surface area contributed by atoms with Crippen molar-refractivity contribution in [3.63, 3.8) is 0 Å². The number of anilines is 1. The fourth-order valence-corrected chi connectivity index (χ4v) is 4.59. The molecule has 2 aromatic heterocycles. The van der Waals surface area contributed by atoms with Crippen molar-refractivity contribution in [2.45, 2.75) is 39.8 Å². The fourth-order valence-electron chi connectivity index (χ4n) is 2.91. The Balaban J connectivity index is 1.67. The van der Waals surface area contributed by atoms with E-state index < -0.39 is 6.04 Å². The Kier molecular flexibility index (Phi) is 6.05. The lowest BCUT2D eigenvalue weighted by atomic mass is 10.0. The number of hydrogen-bond acceptors (Lipinski definition) is 6. The van der Waals surface area contributed by atoms with Gasteiger partial charge in [-0.15, -0.1) is 22.7 Å². The zero-order valence-corrected chi connectivity index (χ0v) is 16.9. The third-order valence-electron chi connectivity index (χ3n) is 4.47. The summed E-state index contributed by atoms with van der Waals surface area (Å²) in [7, 11) is 0. The second-order valence-corrected chi connectivity index (χ2v) is 8.70. The average Bonchev–Trinajstić information content (AvgIpc) is 3.27. The molecule has 2 N–H and O–H groups in total. The average molecular weight is 393 g/mol. The van der Waals surface area contributed by atoms with E-state index in [2.05, 4.69) is 27.4 Å². The smallest absolute Gasteiger partial charge is 0.262 e. The molecule has 6 nitrogen and oxygen atoms in total. The molecule has 8 heteroatoms. The van der Waals surface area contributed by atoms with Gasteiger partial charge in [0.05, 0.1) is 10.6 Å². The normalized spacial score (nSPS) is 15.5. The van der Waals surface area contributed by atoms with Gasteiger partial charge in [0.2, 0.25) is 5.91 Å². The van der Waals surface area contributed by atoms with Gasteiger partial charge in [0.15, 0.2) is 5.13 Å². The van der Waals surface area contributed by atoms with E-state index in [-0.39, 0.29) is 17.7 Å². The van der Waals surface area contributed by atoms with Gasteiger partial charge in [-0.25, -0.2) is 4.98 Å². The van der Waals surface area contributed by atoms with Crippen molar-refractivity contribution in [3.05, 3.63) is 33.0 Å². The molecule has 0 spiro atoms. The van der Waals surface area contributed by atoms with Crippen LogP contribution in [0.2, 0.25) is 0 Å². The number of thiophene rings is 1. The molecule has 26 heavy (non-hydrogen) atoms. The lowest BCUT2D eigenvalue weighted by Gasteiger charge is -2.23. The Bertz CT molecular complexity index is 770. The van der Waals surface area contributed by atoms with Crippen LogP contribution >= 0.6 is 22.7 Å². The number of fused-ring (bicyclic) bond motifs is 1. The Morgan fingerprint density at radius 2 is 2.19 bits per heavy atom. The van der Waals surface area contributed by atoms with Gasteiger partial charge in [-0.1, -0.05) is 26.8 Å². The first-order valence-corrected chi connectivity index (χ1v) is 10.5. The molecule has 140 valence electrons. The first-order chi connectivity index (χ1) is 12.5. The van der Waals surface area contributed by atoms with Crippen molar-refractivity contribution >= 4 is 39.6 Å². The summed E-state index contributed by atoms with van der Waals surface area (Å²) in [5.41, 5.74) is 1.08. The number of carbonyl (C=O) groups is 2. The second-order valence-electron chi connectivity index (χ2n) is 6.67. The molecule has 1 aliphatic heterocycles. The van der Waals surface area contributed by atoms with Gasteiger partial charge in [-0.3, -0.25) is 14.5 Å². The number of nitrogens with one attached hydrogen (secondary N) is 2. The van der Waals surface area contributed by atoms with Gasteiger partial charge in [0.25, 0.3) is 5.91 Å². The summed E-state index contributed by atoms with van der Waals surface area (Å²) in [5, 5.41) is 8.21. The quantitative estimate of drug-likeness (QED) is 0.793. The van der Waals surface area contributed by atoms with E-state index in [0.29, 0.717) is 10.0 Å². The van der Waals surface area contributed by atoms with E-state index >= 15 is 0 Å². The Morgan fingerprint density at radius 1 is 1.38 bits per heavy atom. The maximum absolute atomic E-state index is 12.7. The molecule has 0 saturated carbocycles. The van der Waals surface area contributed by atoms with Crippen molar-refractivity contribution in [1.82, 2.24) is 15.2 Å². The van der Waals surface area contributed by atoms with Gasteiger partial charge in [-0.2, -0.15) is 0 Å². The van der Waals surface area contributed by atoms with Crippen LogP contribution in [0.15, 0.2) is 17.5 Å². The number of likely N-dealkylation sites (N-methyl/N-ethyl adjacent to an activating group) is 1. The van der Waals surface area contributed by atoms with E-state index in [4.69, 9.17) is 0 Å². The van der Waals surface area contributed by atoms with E-state index in [1.54, 1.807) is 6.07 Å². The van der Waals surface area contributed by atoms with Gasteiger partial charge in [-0.05, 0) is 23.9 Å². The summed E-state index contributed by atoms with van der Waals surface area (Å²) < 4.78 is 0. The minimum absolute atomic E-state index is 0.0240. The highest BCUT2D eigenvalue weighted by Gasteiger charge is 2.27. The van der Waals surface area contributed by atoms with Crippen LogP contribution < -0.4 is 10.6 Å². The monoisotopic (exact) mass is 392 g/mol. The van der Waals surface area contributed by atoms with E-state index in [9.17, 15) is 9.59 Å². The van der Waals surface area contributed by atoms with E-state index in [1.165, 1.54) is 27.6 Å². The summed E-state index contributed by atoms with van der Waals surface area (Å²) in [6.45, 7) is 8.91. The maximum atomic E-state index is 12.7. The molecular formula is C18H24N4O2S2. The molecule has 0 aromatic carbocycles. The molecule has 1 unspecified atom stereocenters. The van der Waals surface area contributed by atoms with Crippen LogP contribution in [-0.4, -0.2) is 40.8 Å². The molecule has 0 fully saturated rings. The Labute approximate surface area is 161 Å². The standard InChI is InChI=1S/C18H24N4O2S2/c1-4-22-8-7-12-14(10-22)26-18(19-12)21-17(24)15(11(2)3)20-16(23)13-6-5-9-25-13/h5-6,9,11,15H,4,7-8,10H2,1-3H3,(H,20,23)(H,19,21,24). The second kappa shape index (κ2) is 8.28. The molecule has 3 rings (SSSR count). The number of hydrogen-bond donors (Lipinski definition) is 2. The molecule has 0 bridgehead atoms. The summed E-state index contributed by atoms with van der Waals surface area (Å²) >= 11 is 2.90. The van der Waals surface area contributed by atoms with Crippen molar-refractivity contribution < 1.29 is 9.59 Å². The summed E-state index contributed by atoms with van der Waals surface area (Å²) in [6, 6.07) is 2.98. The van der Waals surface area contributed by atoms with Crippen LogP contribution in [-0.2, 0) is 17.8 Å². The predicted molar refractivity (Wildman–Crippen MR) is 106 cm³/mol. The van der Waals surface area contributed by atoms with Crippen molar-refractivity contribution in [1.29, 1.82) is 0 Å². The van der Waals surface area contributed by atoms with Gasteiger partial charge in [0, 0.05) is 24.4 Å². The van der Waals surface area contributed by atoms with Crippen LogP contribution in [0.5, 0.6) is 0 Å². The highest BCUT2D eigenvalue weighted by Crippen LogP contribution is 2.28. The molecular weight excluding hydrogens is 368 g/mol. The summed E-state index contributed by atoms with van der Waals surface area (Å²) in [6.07, 6.45) is 0.915. The largest absolute Gasteiger partial charge is 0.339 e. The topological polar surface area (TPSA) is 74.3 Å². The van der Waals surface area contributed by atoms with Crippen molar-refractivity contribution in [2.24, 2.45) is 5.92 Å². The zero-order chi connectivity index (χ0) is 18.7. The summed E-state index contributed by atoms with van der Waals surface area (Å²) in [4.78, 5) is 33.8. The molecule has 0 saturated heterocycles. The van der Waals surface area contributed by atoms with Crippen molar-refractivity contribution in [2.75, 3.05) is 18.4 Å². The lowest BCUT2D eigenvalue weighted by Crippen LogP contribution is -2.46. The number of aromatic nitrogens is 1. The molecule has 0 radical (unpaired) electrons. The third-order valence-corrected chi connectivity index (χ3v) is 6.33. The molecule has 1 atom stereocenters. The van der Waals surface area contributed by atoms with Crippen molar-refractivity contribution in [3.8, 4) is 0 Å². The molecule has 0 aliphatic carbocycles. The first-order valence-electron chi connectivity index (χ1n) is 8.84. The highest BCUT2D eigenvalue weighted by atomic mass is 32.1. The molecule has 2 amide bonds. The van der Waals surface area contributed by atoms with Gasteiger partial charge >= 0.3 is 0 Å². The Morgan fingerprint density at radius 3 is 2.85 bits per heavy atom. The van der Waals surface area contributed by atoms with Crippen LogP contribution in [0.3, 0.4) is 0 Å². The number of rotatable bonds is 6.